The van der Waals surface area contributed by atoms with Gasteiger partial charge in [-0.1, -0.05) is 0 Å². The van der Waals surface area contributed by atoms with E-state index in [2.05, 4.69) is 21.4 Å². The zero-order valence-corrected chi connectivity index (χ0v) is 23.0. The number of likely N-dealkylation sites (N-methyl/N-ethyl adjacent to an activating group) is 1. The first-order valence-corrected chi connectivity index (χ1v) is 12.9. The number of allylic oxidation sites excluding steroid dienone is 1. The highest BCUT2D eigenvalue weighted by molar-refractivity contribution is 6.17. The second-order valence-electron chi connectivity index (χ2n) is 10.2. The Balaban J connectivity index is 1.51. The van der Waals surface area contributed by atoms with Crippen molar-refractivity contribution in [2.75, 3.05) is 61.0 Å². The van der Waals surface area contributed by atoms with Crippen LogP contribution in [0.2, 0.25) is 0 Å². The van der Waals surface area contributed by atoms with Gasteiger partial charge in [-0.05, 0) is 38.2 Å². The average molecular weight is 535 g/mol. The molecular formula is C29H34N4O6. The number of amides is 1. The normalized spacial score (nSPS) is 16.9. The summed E-state index contributed by atoms with van der Waals surface area (Å²) in [6.45, 7) is 7.94. The third-order valence-electron chi connectivity index (χ3n) is 7.37. The molecule has 1 amide bonds. The molecule has 3 aromatic rings. The quantitative estimate of drug-likeness (QED) is 0.480. The Morgan fingerprint density at radius 3 is 2.56 bits per heavy atom. The van der Waals surface area contributed by atoms with Gasteiger partial charge in [-0.25, -0.2) is 4.79 Å². The first-order chi connectivity index (χ1) is 18.7. The van der Waals surface area contributed by atoms with Crippen LogP contribution in [0.15, 0.2) is 36.1 Å². The van der Waals surface area contributed by atoms with Gasteiger partial charge in [0.05, 0.1) is 7.11 Å². The third-order valence-corrected chi connectivity index (χ3v) is 7.37. The molecule has 1 aromatic heterocycles. The lowest BCUT2D eigenvalue weighted by Crippen LogP contribution is -2.45. The summed E-state index contributed by atoms with van der Waals surface area (Å²) >= 11 is 0. The Morgan fingerprint density at radius 2 is 1.87 bits per heavy atom. The topological polar surface area (TPSA) is 96.7 Å². The molecule has 1 N–H and O–H groups in total. The number of hydrogen-bond donors (Lipinski definition) is 1. The molecule has 39 heavy (non-hydrogen) atoms. The van der Waals surface area contributed by atoms with Gasteiger partial charge in [-0.3, -0.25) is 9.69 Å². The number of aromatic nitrogens is 1. The van der Waals surface area contributed by atoms with Crippen molar-refractivity contribution in [3.05, 3.63) is 52.9 Å². The Labute approximate surface area is 227 Å². The highest BCUT2D eigenvalue weighted by atomic mass is 16.6. The minimum atomic E-state index is -0.667. The fourth-order valence-corrected chi connectivity index (χ4v) is 5.06. The molecule has 0 radical (unpaired) electrons. The van der Waals surface area contributed by atoms with Gasteiger partial charge in [0.15, 0.2) is 11.5 Å². The number of rotatable bonds is 6. The number of ketones is 1. The van der Waals surface area contributed by atoms with Crippen LogP contribution < -0.4 is 14.2 Å². The summed E-state index contributed by atoms with van der Waals surface area (Å²) in [5, 5.41) is 11.1. The van der Waals surface area contributed by atoms with Gasteiger partial charge in [0.2, 0.25) is 5.78 Å². The van der Waals surface area contributed by atoms with Crippen LogP contribution in [0, 0.1) is 6.92 Å². The van der Waals surface area contributed by atoms with Gasteiger partial charge in [-0.15, -0.1) is 0 Å². The minimum Gasteiger partial charge on any atom is -0.508 e. The van der Waals surface area contributed by atoms with E-state index in [-0.39, 0.29) is 28.6 Å². The van der Waals surface area contributed by atoms with E-state index in [9.17, 15) is 14.7 Å². The van der Waals surface area contributed by atoms with Crippen molar-refractivity contribution in [2.45, 2.75) is 13.5 Å². The molecule has 10 heteroatoms. The van der Waals surface area contributed by atoms with E-state index >= 15 is 0 Å². The Hall–Kier alpha value is -4.02. The number of Topliss-reactive ketones (excluding diaryl/α,β-unsaturated/α-hetero) is 1. The Bertz CT molecular complexity index is 1470. The molecule has 1 saturated heterocycles. The number of carbonyl (C=O) groups excluding carboxylic acids is 2. The van der Waals surface area contributed by atoms with E-state index in [0.29, 0.717) is 5.75 Å². The Kier molecular flexibility index (Phi) is 7.24. The van der Waals surface area contributed by atoms with Crippen molar-refractivity contribution in [3.8, 4) is 23.0 Å². The molecule has 0 saturated carbocycles. The van der Waals surface area contributed by atoms with Gasteiger partial charge >= 0.3 is 6.09 Å². The van der Waals surface area contributed by atoms with Crippen molar-refractivity contribution < 1.29 is 28.9 Å². The number of nitrogens with zero attached hydrogens (tertiary/aromatic N) is 4. The van der Waals surface area contributed by atoms with E-state index in [4.69, 9.17) is 14.2 Å². The molecular weight excluding hydrogens is 500 g/mol. The fourth-order valence-electron chi connectivity index (χ4n) is 5.06. The van der Waals surface area contributed by atoms with E-state index < -0.39 is 11.9 Å². The molecule has 1 fully saturated rings. The van der Waals surface area contributed by atoms with Crippen LogP contribution in [0.25, 0.3) is 17.0 Å². The lowest BCUT2D eigenvalue weighted by atomic mass is 10.1. The van der Waals surface area contributed by atoms with Gasteiger partial charge < -0.3 is 33.7 Å². The number of methoxy groups -OCH3 is 1. The van der Waals surface area contributed by atoms with Crippen LogP contribution in [0.3, 0.4) is 0 Å². The van der Waals surface area contributed by atoms with Crippen molar-refractivity contribution in [1.82, 2.24) is 19.3 Å². The molecule has 2 aliphatic rings. The van der Waals surface area contributed by atoms with Crippen molar-refractivity contribution >= 4 is 28.9 Å². The molecule has 2 aliphatic heterocycles. The molecule has 0 atom stereocenters. The summed E-state index contributed by atoms with van der Waals surface area (Å²) in [6, 6.07) is 8.52. The van der Waals surface area contributed by atoms with Crippen LogP contribution >= 0.6 is 0 Å². The molecule has 2 aromatic carbocycles. The summed E-state index contributed by atoms with van der Waals surface area (Å²) < 4.78 is 19.0. The maximum Gasteiger partial charge on any atom is 0.414 e. The highest BCUT2D eigenvalue weighted by Crippen LogP contribution is 2.42. The standard InChI is InChI=1S/C29H34N4O6/c1-18-21(17-26-28(35)27-24(38-26)14-19(34)15-25(27)39-29(36)30(2)3)22-16-20(37-5)6-7-23(22)33(18)13-12-32-10-8-31(4)9-11-32/h6-7,14-17,34H,8-13H2,1-5H3/b26-17-. The molecule has 5 rings (SSSR count). The molecule has 0 bridgehead atoms. The average Bonchev–Trinajstić information content (AvgIpc) is 3.36. The smallest absolute Gasteiger partial charge is 0.414 e. The van der Waals surface area contributed by atoms with E-state index in [0.717, 1.165) is 61.4 Å². The van der Waals surface area contributed by atoms with Crippen molar-refractivity contribution in [2.24, 2.45) is 0 Å². The van der Waals surface area contributed by atoms with E-state index in [1.54, 1.807) is 13.2 Å². The highest BCUT2D eigenvalue weighted by Gasteiger charge is 2.34. The number of fused-ring (bicyclic) bond motifs is 2. The number of hydrogen-bond acceptors (Lipinski definition) is 8. The summed E-state index contributed by atoms with van der Waals surface area (Å²) in [5.74, 6) is 0.287. The molecule has 3 heterocycles. The van der Waals surface area contributed by atoms with Crippen LogP contribution in [0.5, 0.6) is 23.0 Å². The van der Waals surface area contributed by atoms with Crippen LogP contribution in [0.1, 0.15) is 21.6 Å². The molecule has 10 nitrogen and oxygen atoms in total. The predicted molar refractivity (Wildman–Crippen MR) is 148 cm³/mol. The first kappa shape index (κ1) is 26.6. The Morgan fingerprint density at radius 1 is 1.13 bits per heavy atom. The zero-order valence-electron chi connectivity index (χ0n) is 23.0. The number of piperazine rings is 1. The number of carbonyl (C=O) groups is 2. The second-order valence-corrected chi connectivity index (χ2v) is 10.2. The van der Waals surface area contributed by atoms with Crippen molar-refractivity contribution in [1.29, 1.82) is 0 Å². The number of benzene rings is 2. The lowest BCUT2D eigenvalue weighted by molar-refractivity contribution is 0.101. The SMILES string of the molecule is COc1ccc2c(c1)c(/C=C1\Oc3cc(O)cc(OC(=O)N(C)C)c3C1=O)c(C)n2CCN1CCN(C)CC1. The summed E-state index contributed by atoms with van der Waals surface area (Å²) in [5.41, 5.74) is 2.97. The number of phenolic OH excluding ortho intramolecular Hbond substituents is 1. The summed E-state index contributed by atoms with van der Waals surface area (Å²) in [6.07, 6.45) is 1.06. The summed E-state index contributed by atoms with van der Waals surface area (Å²) in [4.78, 5) is 31.7. The van der Waals surface area contributed by atoms with Crippen LogP contribution in [-0.2, 0) is 6.54 Å². The third kappa shape index (κ3) is 5.17. The maximum absolute atomic E-state index is 13.5. The largest absolute Gasteiger partial charge is 0.508 e. The number of aromatic hydroxyl groups is 1. The van der Waals surface area contributed by atoms with Crippen LogP contribution in [-0.4, -0.2) is 97.2 Å². The lowest BCUT2D eigenvalue weighted by Gasteiger charge is -2.32. The molecule has 0 spiro atoms. The van der Waals surface area contributed by atoms with Gasteiger partial charge in [0.1, 0.15) is 22.8 Å². The predicted octanol–water partition coefficient (Wildman–Crippen LogP) is 3.59. The van der Waals surface area contributed by atoms with Gasteiger partial charge in [-0.2, -0.15) is 0 Å². The van der Waals surface area contributed by atoms with E-state index in [1.807, 2.05) is 25.1 Å². The fraction of sp³-hybridized carbons (Fsp3) is 0.379. The monoisotopic (exact) mass is 534 g/mol. The second kappa shape index (κ2) is 10.6. The van der Waals surface area contributed by atoms with Crippen molar-refractivity contribution in [3.63, 3.8) is 0 Å². The first-order valence-electron chi connectivity index (χ1n) is 12.9. The minimum absolute atomic E-state index is 0.0508. The summed E-state index contributed by atoms with van der Waals surface area (Å²) in [7, 11) is 6.84. The number of phenols is 1. The molecule has 206 valence electrons. The number of ether oxygens (including phenoxy) is 3. The molecule has 0 aliphatic carbocycles. The maximum atomic E-state index is 13.5. The van der Waals surface area contributed by atoms with Gasteiger partial charge in [0.25, 0.3) is 0 Å². The zero-order chi connectivity index (χ0) is 27.8. The van der Waals surface area contributed by atoms with Gasteiger partial charge in [0, 0.05) is 87.7 Å². The van der Waals surface area contributed by atoms with E-state index in [1.165, 1.54) is 31.1 Å². The van der Waals surface area contributed by atoms with Crippen LogP contribution in [0.4, 0.5) is 4.79 Å². The molecule has 0 unspecified atom stereocenters.